The fraction of sp³-hybridized carbons (Fsp3) is 0.111. The molecule has 3 rings (SSSR count). The molecular formula is C18H16N2O2. The molecule has 0 aliphatic rings. The summed E-state index contributed by atoms with van der Waals surface area (Å²) in [4.78, 5) is 0. The van der Waals surface area contributed by atoms with Gasteiger partial charge in [-0.2, -0.15) is 0 Å². The van der Waals surface area contributed by atoms with Gasteiger partial charge in [-0.05, 0) is 18.6 Å². The lowest BCUT2D eigenvalue weighted by Gasteiger charge is -2.11. The molecule has 0 N–H and O–H groups in total. The Kier molecular flexibility index (Phi) is 4.01. The number of para-hydroxylation sites is 1. The van der Waals surface area contributed by atoms with Crippen LogP contribution in [0.2, 0.25) is 0 Å². The molecule has 0 radical (unpaired) electrons. The minimum atomic E-state index is 0.358. The quantitative estimate of drug-likeness (QED) is 0.721. The molecule has 0 unspecified atom stereocenters. The Morgan fingerprint density at radius 3 is 2.27 bits per heavy atom. The van der Waals surface area contributed by atoms with Crippen molar-refractivity contribution >= 4 is 0 Å². The van der Waals surface area contributed by atoms with Crippen LogP contribution in [0.4, 0.5) is 0 Å². The van der Waals surface area contributed by atoms with E-state index in [9.17, 15) is 0 Å². The van der Waals surface area contributed by atoms with Crippen LogP contribution in [0.25, 0.3) is 11.3 Å². The van der Waals surface area contributed by atoms with E-state index in [1.165, 1.54) is 0 Å². The maximum atomic E-state index is 5.82. The van der Waals surface area contributed by atoms with E-state index in [1.54, 1.807) is 7.11 Å². The van der Waals surface area contributed by atoms with E-state index in [0.717, 1.165) is 22.6 Å². The Morgan fingerprint density at radius 1 is 0.818 bits per heavy atom. The van der Waals surface area contributed by atoms with Crippen molar-refractivity contribution in [2.45, 2.75) is 6.92 Å². The van der Waals surface area contributed by atoms with Crippen LogP contribution < -0.4 is 9.47 Å². The summed E-state index contributed by atoms with van der Waals surface area (Å²) in [5, 5.41) is 8.39. The number of hydrogen-bond acceptors (Lipinski definition) is 4. The van der Waals surface area contributed by atoms with Crippen LogP contribution in [0.5, 0.6) is 17.4 Å². The minimum Gasteiger partial charge on any atom is -0.491 e. The summed E-state index contributed by atoms with van der Waals surface area (Å²) < 4.78 is 11.2. The molecule has 0 amide bonds. The molecule has 0 bridgehead atoms. The van der Waals surface area contributed by atoms with Crippen molar-refractivity contribution < 1.29 is 9.47 Å². The third kappa shape index (κ3) is 2.91. The van der Waals surface area contributed by atoms with E-state index in [1.807, 2.05) is 67.6 Å². The van der Waals surface area contributed by atoms with Crippen molar-refractivity contribution in [3.63, 3.8) is 0 Å². The van der Waals surface area contributed by atoms with Gasteiger partial charge in [0.05, 0.1) is 12.8 Å². The second kappa shape index (κ2) is 6.26. The topological polar surface area (TPSA) is 44.2 Å². The summed E-state index contributed by atoms with van der Waals surface area (Å²) in [7, 11) is 1.59. The smallest absolute Gasteiger partial charge is 0.281 e. The second-order valence-corrected chi connectivity index (χ2v) is 4.84. The lowest BCUT2D eigenvalue weighted by atomic mass is 10.1. The number of aryl methyl sites for hydroxylation is 1. The number of hydrogen-bond donors (Lipinski definition) is 0. The van der Waals surface area contributed by atoms with Gasteiger partial charge in [0.25, 0.3) is 5.88 Å². The molecule has 0 atom stereocenters. The van der Waals surface area contributed by atoms with Crippen LogP contribution >= 0.6 is 0 Å². The standard InChI is InChI=1S/C18H16N2O2/c1-13-8-6-7-11-16(13)22-18-17(21-2)12-15(19-20-18)14-9-4-3-5-10-14/h3-12H,1-2H3. The SMILES string of the molecule is COc1cc(-c2ccccc2)nnc1Oc1ccccc1C. The van der Waals surface area contributed by atoms with Gasteiger partial charge in [0.15, 0.2) is 5.75 Å². The van der Waals surface area contributed by atoms with E-state index in [2.05, 4.69) is 10.2 Å². The van der Waals surface area contributed by atoms with Crippen LogP contribution in [0.3, 0.4) is 0 Å². The fourth-order valence-corrected chi connectivity index (χ4v) is 2.11. The summed E-state index contributed by atoms with van der Waals surface area (Å²) in [6.07, 6.45) is 0. The highest BCUT2D eigenvalue weighted by atomic mass is 16.5. The van der Waals surface area contributed by atoms with Crippen molar-refractivity contribution in [1.29, 1.82) is 0 Å². The van der Waals surface area contributed by atoms with E-state index in [4.69, 9.17) is 9.47 Å². The third-order valence-electron chi connectivity index (χ3n) is 3.32. The van der Waals surface area contributed by atoms with Gasteiger partial charge in [0, 0.05) is 11.6 Å². The second-order valence-electron chi connectivity index (χ2n) is 4.84. The number of nitrogens with zero attached hydrogens (tertiary/aromatic N) is 2. The Labute approximate surface area is 129 Å². The summed E-state index contributed by atoms with van der Waals surface area (Å²) in [5.74, 6) is 1.65. The van der Waals surface area contributed by atoms with Crippen LogP contribution in [0, 0.1) is 6.92 Å². The highest BCUT2D eigenvalue weighted by Gasteiger charge is 2.12. The summed E-state index contributed by atoms with van der Waals surface area (Å²) in [6, 6.07) is 19.4. The van der Waals surface area contributed by atoms with E-state index in [-0.39, 0.29) is 0 Å². The maximum Gasteiger partial charge on any atom is 0.281 e. The third-order valence-corrected chi connectivity index (χ3v) is 3.32. The molecule has 0 fully saturated rings. The molecule has 1 heterocycles. The van der Waals surface area contributed by atoms with E-state index < -0.39 is 0 Å². The summed E-state index contributed by atoms with van der Waals surface area (Å²) in [5.41, 5.74) is 2.75. The van der Waals surface area contributed by atoms with Crippen LogP contribution in [-0.4, -0.2) is 17.3 Å². The lowest BCUT2D eigenvalue weighted by molar-refractivity contribution is 0.365. The predicted molar refractivity (Wildman–Crippen MR) is 85.3 cm³/mol. The number of benzene rings is 2. The molecule has 0 aliphatic carbocycles. The molecule has 0 saturated heterocycles. The molecule has 22 heavy (non-hydrogen) atoms. The minimum absolute atomic E-state index is 0.358. The van der Waals surface area contributed by atoms with Crippen molar-refractivity contribution in [3.8, 4) is 28.6 Å². The van der Waals surface area contributed by atoms with E-state index >= 15 is 0 Å². The number of rotatable bonds is 4. The zero-order valence-electron chi connectivity index (χ0n) is 12.5. The van der Waals surface area contributed by atoms with E-state index in [0.29, 0.717) is 11.6 Å². The zero-order valence-corrected chi connectivity index (χ0v) is 12.5. The molecular weight excluding hydrogens is 276 g/mol. The average molecular weight is 292 g/mol. The van der Waals surface area contributed by atoms with Gasteiger partial charge >= 0.3 is 0 Å². The maximum absolute atomic E-state index is 5.82. The first kappa shape index (κ1) is 14.1. The van der Waals surface area contributed by atoms with Crippen LogP contribution in [0.1, 0.15) is 5.56 Å². The lowest BCUT2D eigenvalue weighted by Crippen LogP contribution is -1.98. The number of methoxy groups -OCH3 is 1. The molecule has 2 aromatic carbocycles. The molecule has 4 nitrogen and oxygen atoms in total. The molecule has 110 valence electrons. The van der Waals surface area contributed by atoms with Crippen LogP contribution in [-0.2, 0) is 0 Å². The van der Waals surface area contributed by atoms with Crippen molar-refractivity contribution in [3.05, 3.63) is 66.2 Å². The summed E-state index contributed by atoms with van der Waals surface area (Å²) >= 11 is 0. The Hall–Kier alpha value is -2.88. The van der Waals surface area contributed by atoms with Gasteiger partial charge in [-0.15, -0.1) is 10.2 Å². The van der Waals surface area contributed by atoms with Gasteiger partial charge in [0.2, 0.25) is 0 Å². The van der Waals surface area contributed by atoms with Gasteiger partial charge < -0.3 is 9.47 Å². The molecule has 0 aliphatic heterocycles. The Morgan fingerprint density at radius 2 is 1.55 bits per heavy atom. The molecule has 1 aromatic heterocycles. The number of aromatic nitrogens is 2. The molecule has 0 saturated carbocycles. The first-order valence-corrected chi connectivity index (χ1v) is 6.98. The zero-order chi connectivity index (χ0) is 15.4. The van der Waals surface area contributed by atoms with Gasteiger partial charge in [-0.3, -0.25) is 0 Å². The highest BCUT2D eigenvalue weighted by molar-refractivity contribution is 5.61. The normalized spacial score (nSPS) is 10.3. The number of ether oxygens (including phenoxy) is 2. The summed E-state index contributed by atoms with van der Waals surface area (Å²) in [6.45, 7) is 1.98. The van der Waals surface area contributed by atoms with Gasteiger partial charge in [-0.25, -0.2) is 0 Å². The largest absolute Gasteiger partial charge is 0.491 e. The molecule has 3 aromatic rings. The van der Waals surface area contributed by atoms with Gasteiger partial charge in [0.1, 0.15) is 5.75 Å². The fourth-order valence-electron chi connectivity index (χ4n) is 2.11. The van der Waals surface area contributed by atoms with Crippen molar-refractivity contribution in [2.24, 2.45) is 0 Å². The molecule has 0 spiro atoms. The predicted octanol–water partition coefficient (Wildman–Crippen LogP) is 4.25. The first-order chi connectivity index (χ1) is 10.8. The highest BCUT2D eigenvalue weighted by Crippen LogP contribution is 2.32. The Bertz CT molecular complexity index is 773. The first-order valence-electron chi connectivity index (χ1n) is 6.98. The monoisotopic (exact) mass is 292 g/mol. The Balaban J connectivity index is 1.95. The van der Waals surface area contributed by atoms with Crippen molar-refractivity contribution in [1.82, 2.24) is 10.2 Å². The average Bonchev–Trinajstić information content (AvgIpc) is 2.58. The van der Waals surface area contributed by atoms with Gasteiger partial charge in [-0.1, -0.05) is 48.5 Å². The van der Waals surface area contributed by atoms with Crippen LogP contribution in [0.15, 0.2) is 60.7 Å². The van der Waals surface area contributed by atoms with Crippen molar-refractivity contribution in [2.75, 3.05) is 7.11 Å². The molecule has 4 heteroatoms.